The fourth-order valence-corrected chi connectivity index (χ4v) is 3.05. The molecule has 0 saturated heterocycles. The van der Waals surface area contributed by atoms with Gasteiger partial charge in [0.1, 0.15) is 17.5 Å². The van der Waals surface area contributed by atoms with Gasteiger partial charge in [0.2, 0.25) is 5.95 Å². The molecule has 1 amide bonds. The van der Waals surface area contributed by atoms with Crippen LogP contribution >= 0.6 is 0 Å². The number of carbonyl (C=O) groups excluding carboxylic acids is 1. The molecule has 2 aliphatic rings. The summed E-state index contributed by atoms with van der Waals surface area (Å²) < 4.78 is 5.73. The van der Waals surface area contributed by atoms with Crippen molar-refractivity contribution in [1.82, 2.24) is 15.3 Å². The molecular weight excluding hydrogens is 292 g/mol. The van der Waals surface area contributed by atoms with Crippen molar-refractivity contribution in [3.63, 3.8) is 0 Å². The molecule has 3 heterocycles. The smallest absolute Gasteiger partial charge is 0.270 e. The third-order valence-electron chi connectivity index (χ3n) is 4.28. The molecular formula is C17H18N4O2. The van der Waals surface area contributed by atoms with E-state index in [0.29, 0.717) is 18.2 Å². The Labute approximate surface area is 134 Å². The molecule has 23 heavy (non-hydrogen) atoms. The molecule has 4 rings (SSSR count). The van der Waals surface area contributed by atoms with Gasteiger partial charge >= 0.3 is 0 Å². The van der Waals surface area contributed by atoms with Gasteiger partial charge in [0, 0.05) is 24.7 Å². The van der Waals surface area contributed by atoms with E-state index >= 15 is 0 Å². The maximum Gasteiger partial charge on any atom is 0.270 e. The Hall–Kier alpha value is -2.63. The minimum atomic E-state index is -0.137. The SMILES string of the molecule is CC1Cc2cc(C(C)Nc3ncc4c(n3)C(=O)NC4)ccc2O1. The van der Waals surface area contributed by atoms with E-state index in [1.165, 1.54) is 5.56 Å². The zero-order valence-electron chi connectivity index (χ0n) is 13.1. The lowest BCUT2D eigenvalue weighted by Gasteiger charge is -2.15. The van der Waals surface area contributed by atoms with Crippen LogP contribution in [0.4, 0.5) is 5.95 Å². The van der Waals surface area contributed by atoms with Gasteiger partial charge < -0.3 is 15.4 Å². The lowest BCUT2D eigenvalue weighted by atomic mass is 10.0. The molecule has 0 fully saturated rings. The Morgan fingerprint density at radius 3 is 3.13 bits per heavy atom. The molecule has 2 N–H and O–H groups in total. The van der Waals surface area contributed by atoms with E-state index in [2.05, 4.69) is 46.6 Å². The van der Waals surface area contributed by atoms with Crippen LogP contribution in [0.2, 0.25) is 0 Å². The van der Waals surface area contributed by atoms with Crippen molar-refractivity contribution in [1.29, 1.82) is 0 Å². The number of anilines is 1. The Balaban J connectivity index is 1.55. The standard InChI is InChI=1S/C17H18N4O2/c1-9-5-12-6-11(3-4-14(12)23-9)10(2)20-17-19-8-13-7-18-16(22)15(13)21-17/h3-4,6,8-10H,5,7H2,1-2H3,(H,18,22)(H,19,20,21). The summed E-state index contributed by atoms with van der Waals surface area (Å²) in [5.74, 6) is 1.30. The zero-order valence-corrected chi connectivity index (χ0v) is 13.1. The van der Waals surface area contributed by atoms with E-state index in [-0.39, 0.29) is 18.1 Å². The van der Waals surface area contributed by atoms with Gasteiger partial charge in [-0.3, -0.25) is 4.79 Å². The summed E-state index contributed by atoms with van der Waals surface area (Å²) in [6.45, 7) is 4.63. The normalized spacial score (nSPS) is 19.6. The summed E-state index contributed by atoms with van der Waals surface area (Å²) in [5.41, 5.74) is 3.69. The number of hydrogen-bond acceptors (Lipinski definition) is 5. The fourth-order valence-electron chi connectivity index (χ4n) is 3.05. The number of rotatable bonds is 3. The van der Waals surface area contributed by atoms with E-state index in [0.717, 1.165) is 23.3 Å². The average molecular weight is 310 g/mol. The highest BCUT2D eigenvalue weighted by Crippen LogP contribution is 2.31. The molecule has 1 aromatic heterocycles. The number of nitrogens with zero attached hydrogens (tertiary/aromatic N) is 2. The van der Waals surface area contributed by atoms with Crippen LogP contribution in [0.1, 0.15) is 47.1 Å². The number of nitrogens with one attached hydrogen (secondary N) is 2. The first-order valence-electron chi connectivity index (χ1n) is 7.80. The van der Waals surface area contributed by atoms with Crippen molar-refractivity contribution in [2.75, 3.05) is 5.32 Å². The molecule has 1 aromatic carbocycles. The van der Waals surface area contributed by atoms with Gasteiger partial charge in [-0.1, -0.05) is 6.07 Å². The van der Waals surface area contributed by atoms with Crippen molar-refractivity contribution >= 4 is 11.9 Å². The van der Waals surface area contributed by atoms with Crippen LogP contribution in [-0.2, 0) is 13.0 Å². The van der Waals surface area contributed by atoms with Gasteiger partial charge in [0.15, 0.2) is 0 Å². The molecule has 2 aliphatic heterocycles. The van der Waals surface area contributed by atoms with Gasteiger partial charge in [-0.2, -0.15) is 0 Å². The Bertz CT molecular complexity index is 790. The Kier molecular flexibility index (Phi) is 3.18. The van der Waals surface area contributed by atoms with E-state index in [4.69, 9.17) is 4.74 Å². The summed E-state index contributed by atoms with van der Waals surface area (Å²) in [7, 11) is 0. The molecule has 6 heteroatoms. The van der Waals surface area contributed by atoms with Crippen LogP contribution in [0.3, 0.4) is 0 Å². The molecule has 0 saturated carbocycles. The predicted octanol–water partition coefficient (Wildman–Crippen LogP) is 2.22. The van der Waals surface area contributed by atoms with Crippen molar-refractivity contribution < 1.29 is 9.53 Å². The number of fused-ring (bicyclic) bond motifs is 2. The number of aromatic nitrogens is 2. The number of benzene rings is 1. The second kappa shape index (κ2) is 5.22. The minimum Gasteiger partial charge on any atom is -0.490 e. The van der Waals surface area contributed by atoms with E-state index < -0.39 is 0 Å². The van der Waals surface area contributed by atoms with Crippen LogP contribution in [0.25, 0.3) is 0 Å². The predicted molar refractivity (Wildman–Crippen MR) is 85.5 cm³/mol. The molecule has 118 valence electrons. The number of amides is 1. The summed E-state index contributed by atoms with van der Waals surface area (Å²) in [6.07, 6.45) is 2.88. The molecule has 0 spiro atoms. The van der Waals surface area contributed by atoms with Gasteiger partial charge in [0.25, 0.3) is 5.91 Å². The van der Waals surface area contributed by atoms with Gasteiger partial charge in [-0.05, 0) is 37.1 Å². The highest BCUT2D eigenvalue weighted by atomic mass is 16.5. The second-order valence-electron chi connectivity index (χ2n) is 6.12. The monoisotopic (exact) mass is 310 g/mol. The summed E-state index contributed by atoms with van der Waals surface area (Å²) in [6, 6.07) is 6.27. The first kappa shape index (κ1) is 14.0. The highest BCUT2D eigenvalue weighted by molar-refractivity contribution is 5.96. The number of carbonyl (C=O) groups is 1. The third kappa shape index (κ3) is 2.50. The van der Waals surface area contributed by atoms with E-state index in [9.17, 15) is 4.79 Å². The van der Waals surface area contributed by atoms with E-state index in [1.54, 1.807) is 6.20 Å². The molecule has 0 aliphatic carbocycles. The second-order valence-corrected chi connectivity index (χ2v) is 6.12. The Morgan fingerprint density at radius 2 is 2.26 bits per heavy atom. The van der Waals surface area contributed by atoms with Crippen molar-refractivity contribution in [2.24, 2.45) is 0 Å². The maximum atomic E-state index is 11.7. The molecule has 0 bridgehead atoms. The Morgan fingerprint density at radius 1 is 1.39 bits per heavy atom. The highest BCUT2D eigenvalue weighted by Gasteiger charge is 2.23. The van der Waals surface area contributed by atoms with Crippen LogP contribution in [0, 0.1) is 0 Å². The largest absolute Gasteiger partial charge is 0.490 e. The topological polar surface area (TPSA) is 76.1 Å². The van der Waals surface area contributed by atoms with Crippen molar-refractivity contribution in [3.8, 4) is 5.75 Å². The van der Waals surface area contributed by atoms with Crippen LogP contribution in [-0.4, -0.2) is 22.0 Å². The first-order chi connectivity index (χ1) is 11.1. The number of ether oxygens (including phenoxy) is 1. The summed E-state index contributed by atoms with van der Waals surface area (Å²) in [5, 5.41) is 6.01. The van der Waals surface area contributed by atoms with Gasteiger partial charge in [-0.25, -0.2) is 9.97 Å². The average Bonchev–Trinajstić information content (AvgIpc) is 3.08. The minimum absolute atomic E-state index is 0.0405. The van der Waals surface area contributed by atoms with Crippen molar-refractivity contribution in [3.05, 3.63) is 46.8 Å². The molecule has 2 unspecified atom stereocenters. The summed E-state index contributed by atoms with van der Waals surface area (Å²) >= 11 is 0. The molecule has 2 aromatic rings. The quantitative estimate of drug-likeness (QED) is 0.909. The third-order valence-corrected chi connectivity index (χ3v) is 4.28. The number of hydrogen-bond donors (Lipinski definition) is 2. The molecule has 0 radical (unpaired) electrons. The van der Waals surface area contributed by atoms with Crippen LogP contribution in [0.15, 0.2) is 24.4 Å². The van der Waals surface area contributed by atoms with E-state index in [1.807, 2.05) is 6.07 Å². The summed E-state index contributed by atoms with van der Waals surface area (Å²) in [4.78, 5) is 20.3. The lowest BCUT2D eigenvalue weighted by molar-refractivity contribution is 0.0961. The maximum absolute atomic E-state index is 11.7. The van der Waals surface area contributed by atoms with Crippen LogP contribution in [0.5, 0.6) is 5.75 Å². The molecule has 6 nitrogen and oxygen atoms in total. The first-order valence-corrected chi connectivity index (χ1v) is 7.80. The van der Waals surface area contributed by atoms with Crippen molar-refractivity contribution in [2.45, 2.75) is 39.0 Å². The van der Waals surface area contributed by atoms with Gasteiger partial charge in [0.05, 0.1) is 6.04 Å². The van der Waals surface area contributed by atoms with Crippen LogP contribution < -0.4 is 15.4 Å². The zero-order chi connectivity index (χ0) is 16.0. The van der Waals surface area contributed by atoms with Gasteiger partial charge in [-0.15, -0.1) is 0 Å². The molecule has 2 atom stereocenters. The fraction of sp³-hybridized carbons (Fsp3) is 0.353. The lowest BCUT2D eigenvalue weighted by Crippen LogP contribution is -2.15.